The molecule has 0 amide bonds. The van der Waals surface area contributed by atoms with Gasteiger partial charge in [0, 0.05) is 0 Å². The first-order valence-electron chi connectivity index (χ1n) is 4.69. The largest absolute Gasteiger partial charge is 0.247 e. The molecule has 0 aromatic rings. The minimum absolute atomic E-state index is 0.535. The van der Waals surface area contributed by atoms with Crippen LogP contribution in [0.15, 0.2) is 24.3 Å². The molecule has 1 aliphatic carbocycles. The van der Waals surface area contributed by atoms with Gasteiger partial charge in [0.2, 0.25) is 0 Å². The third kappa shape index (κ3) is 2.47. The molecular formula is C11H17F. The van der Waals surface area contributed by atoms with Crippen molar-refractivity contribution in [2.75, 3.05) is 0 Å². The van der Waals surface area contributed by atoms with Crippen LogP contribution in [0.4, 0.5) is 4.39 Å². The number of hydrogen-bond acceptors (Lipinski definition) is 0. The first kappa shape index (κ1) is 9.50. The lowest BCUT2D eigenvalue weighted by Gasteiger charge is -2.24. The van der Waals surface area contributed by atoms with Gasteiger partial charge in [-0.05, 0) is 38.5 Å². The van der Waals surface area contributed by atoms with Gasteiger partial charge in [-0.3, -0.25) is 0 Å². The minimum Gasteiger partial charge on any atom is -0.247 e. The molecule has 1 aliphatic rings. The van der Waals surface area contributed by atoms with E-state index in [4.69, 9.17) is 0 Å². The SMILES string of the molecule is C=C(/C=C\C)C1CCC(F)CC1. The average Bonchev–Trinajstić information content (AvgIpc) is 2.06. The molecule has 0 nitrogen and oxygen atoms in total. The summed E-state index contributed by atoms with van der Waals surface area (Å²) in [4.78, 5) is 0. The molecule has 0 atom stereocenters. The number of halogens is 1. The fourth-order valence-corrected chi connectivity index (χ4v) is 1.77. The summed E-state index contributed by atoms with van der Waals surface area (Å²) in [5, 5.41) is 0. The van der Waals surface area contributed by atoms with Crippen molar-refractivity contribution in [1.29, 1.82) is 0 Å². The average molecular weight is 168 g/mol. The summed E-state index contributed by atoms with van der Waals surface area (Å²) < 4.78 is 12.8. The second-order valence-corrected chi connectivity index (χ2v) is 3.52. The van der Waals surface area contributed by atoms with Crippen molar-refractivity contribution in [3.05, 3.63) is 24.3 Å². The van der Waals surface area contributed by atoms with Gasteiger partial charge in [-0.1, -0.05) is 24.3 Å². The lowest BCUT2D eigenvalue weighted by Crippen LogP contribution is -2.15. The molecule has 1 fully saturated rings. The Morgan fingerprint density at radius 1 is 1.33 bits per heavy atom. The van der Waals surface area contributed by atoms with Gasteiger partial charge < -0.3 is 0 Å². The van der Waals surface area contributed by atoms with Crippen LogP contribution in [0.1, 0.15) is 32.6 Å². The molecule has 0 heterocycles. The predicted molar refractivity (Wildman–Crippen MR) is 50.8 cm³/mol. The second-order valence-electron chi connectivity index (χ2n) is 3.52. The third-order valence-corrected chi connectivity index (χ3v) is 2.56. The van der Waals surface area contributed by atoms with Crippen LogP contribution < -0.4 is 0 Å². The summed E-state index contributed by atoms with van der Waals surface area (Å²) in [6.07, 6.45) is 6.89. The Labute approximate surface area is 74.2 Å². The molecule has 0 aromatic carbocycles. The molecule has 68 valence electrons. The first-order valence-corrected chi connectivity index (χ1v) is 4.69. The molecule has 1 heteroatoms. The summed E-state index contributed by atoms with van der Waals surface area (Å²) in [6, 6.07) is 0. The summed E-state index contributed by atoms with van der Waals surface area (Å²) >= 11 is 0. The van der Waals surface area contributed by atoms with E-state index in [1.165, 1.54) is 5.57 Å². The number of hydrogen-bond donors (Lipinski definition) is 0. The molecule has 0 unspecified atom stereocenters. The smallest absolute Gasteiger partial charge is 0.100 e. The molecule has 0 radical (unpaired) electrons. The van der Waals surface area contributed by atoms with Gasteiger partial charge in [0.1, 0.15) is 6.17 Å². The molecule has 12 heavy (non-hydrogen) atoms. The molecule has 0 aromatic heterocycles. The molecular weight excluding hydrogens is 151 g/mol. The maximum atomic E-state index is 12.8. The Morgan fingerprint density at radius 2 is 1.92 bits per heavy atom. The zero-order chi connectivity index (χ0) is 8.97. The summed E-state index contributed by atoms with van der Waals surface area (Å²) in [7, 11) is 0. The fraction of sp³-hybridized carbons (Fsp3) is 0.636. The van der Waals surface area contributed by atoms with Crippen LogP contribution in [-0.4, -0.2) is 6.17 Å². The van der Waals surface area contributed by atoms with Crippen molar-refractivity contribution in [3.8, 4) is 0 Å². The van der Waals surface area contributed by atoms with Crippen LogP contribution in [0, 0.1) is 5.92 Å². The van der Waals surface area contributed by atoms with E-state index in [0.717, 1.165) is 25.7 Å². The molecule has 0 bridgehead atoms. The van der Waals surface area contributed by atoms with Crippen LogP contribution in [0.25, 0.3) is 0 Å². The minimum atomic E-state index is -0.556. The Hall–Kier alpha value is -0.590. The summed E-state index contributed by atoms with van der Waals surface area (Å²) in [5.41, 5.74) is 1.17. The molecule has 0 aliphatic heterocycles. The summed E-state index contributed by atoms with van der Waals surface area (Å²) in [6.45, 7) is 5.98. The van der Waals surface area contributed by atoms with Crippen molar-refractivity contribution >= 4 is 0 Å². The van der Waals surface area contributed by atoms with Gasteiger partial charge in [0.05, 0.1) is 0 Å². The zero-order valence-corrected chi connectivity index (χ0v) is 7.72. The van der Waals surface area contributed by atoms with Crippen LogP contribution in [0.2, 0.25) is 0 Å². The fourth-order valence-electron chi connectivity index (χ4n) is 1.77. The first-order chi connectivity index (χ1) is 5.74. The van der Waals surface area contributed by atoms with Crippen molar-refractivity contribution in [1.82, 2.24) is 0 Å². The van der Waals surface area contributed by atoms with E-state index >= 15 is 0 Å². The van der Waals surface area contributed by atoms with Gasteiger partial charge in [-0.15, -0.1) is 0 Å². The number of alkyl halides is 1. The van der Waals surface area contributed by atoms with Crippen molar-refractivity contribution in [2.24, 2.45) is 5.92 Å². The summed E-state index contributed by atoms with van der Waals surface area (Å²) in [5.74, 6) is 0.535. The number of allylic oxidation sites excluding steroid dienone is 3. The highest BCUT2D eigenvalue weighted by Gasteiger charge is 2.21. The van der Waals surface area contributed by atoms with E-state index in [-0.39, 0.29) is 0 Å². The van der Waals surface area contributed by atoms with E-state index in [1.807, 2.05) is 19.1 Å². The van der Waals surface area contributed by atoms with Gasteiger partial charge in [0.25, 0.3) is 0 Å². The Bertz CT molecular complexity index is 173. The van der Waals surface area contributed by atoms with Gasteiger partial charge in [-0.2, -0.15) is 0 Å². The third-order valence-electron chi connectivity index (χ3n) is 2.56. The lowest BCUT2D eigenvalue weighted by atomic mass is 9.83. The van der Waals surface area contributed by atoms with E-state index < -0.39 is 6.17 Å². The van der Waals surface area contributed by atoms with E-state index in [1.54, 1.807) is 0 Å². The zero-order valence-electron chi connectivity index (χ0n) is 7.72. The molecule has 1 saturated carbocycles. The topological polar surface area (TPSA) is 0 Å². The van der Waals surface area contributed by atoms with Gasteiger partial charge in [0.15, 0.2) is 0 Å². The van der Waals surface area contributed by atoms with Crippen molar-refractivity contribution in [2.45, 2.75) is 38.8 Å². The molecule has 0 N–H and O–H groups in total. The predicted octanol–water partition coefficient (Wildman–Crippen LogP) is 3.65. The van der Waals surface area contributed by atoms with Crippen molar-refractivity contribution in [3.63, 3.8) is 0 Å². The van der Waals surface area contributed by atoms with Crippen LogP contribution >= 0.6 is 0 Å². The second kappa shape index (κ2) is 4.44. The molecule has 0 saturated heterocycles. The van der Waals surface area contributed by atoms with Gasteiger partial charge in [-0.25, -0.2) is 4.39 Å². The maximum absolute atomic E-state index is 12.8. The van der Waals surface area contributed by atoms with Crippen LogP contribution in [-0.2, 0) is 0 Å². The van der Waals surface area contributed by atoms with Crippen molar-refractivity contribution < 1.29 is 4.39 Å². The standard InChI is InChI=1S/C11H17F/c1-3-4-9(2)10-5-7-11(12)8-6-10/h3-4,10-11H,2,5-8H2,1H3/b4-3-. The lowest BCUT2D eigenvalue weighted by molar-refractivity contribution is 0.223. The quantitative estimate of drug-likeness (QED) is 0.552. The Morgan fingerprint density at radius 3 is 2.42 bits per heavy atom. The van der Waals surface area contributed by atoms with Crippen LogP contribution in [0.5, 0.6) is 0 Å². The maximum Gasteiger partial charge on any atom is 0.100 e. The van der Waals surface area contributed by atoms with Crippen LogP contribution in [0.3, 0.4) is 0 Å². The monoisotopic (exact) mass is 168 g/mol. The Balaban J connectivity index is 2.39. The number of rotatable bonds is 2. The van der Waals surface area contributed by atoms with E-state index in [0.29, 0.717) is 5.92 Å². The molecule has 0 spiro atoms. The molecule has 1 rings (SSSR count). The normalized spacial score (nSPS) is 30.8. The highest BCUT2D eigenvalue weighted by atomic mass is 19.1. The highest BCUT2D eigenvalue weighted by Crippen LogP contribution is 2.30. The van der Waals surface area contributed by atoms with E-state index in [9.17, 15) is 4.39 Å². The van der Waals surface area contributed by atoms with E-state index in [2.05, 4.69) is 6.58 Å². The highest BCUT2D eigenvalue weighted by molar-refractivity contribution is 5.17. The Kier molecular flexibility index (Phi) is 3.51. The van der Waals surface area contributed by atoms with Gasteiger partial charge >= 0.3 is 0 Å².